The second kappa shape index (κ2) is 4.33. The Morgan fingerprint density at radius 1 is 1.12 bits per heavy atom. The summed E-state index contributed by atoms with van der Waals surface area (Å²) in [7, 11) is 0. The van der Waals surface area contributed by atoms with Gasteiger partial charge in [-0.05, 0) is 31.5 Å². The number of aliphatic hydroxyl groups is 1. The highest BCUT2D eigenvalue weighted by atomic mass is 19.4. The monoisotopic (exact) mass is 233 g/mol. The van der Waals surface area contributed by atoms with Crippen molar-refractivity contribution in [1.29, 1.82) is 0 Å². The van der Waals surface area contributed by atoms with Gasteiger partial charge < -0.3 is 10.4 Å². The fourth-order valence-corrected chi connectivity index (χ4v) is 1.20. The molecule has 0 radical (unpaired) electrons. The molecule has 0 aliphatic carbocycles. The van der Waals surface area contributed by atoms with E-state index >= 15 is 0 Å². The number of halogens is 3. The zero-order valence-electron chi connectivity index (χ0n) is 9.10. The van der Waals surface area contributed by atoms with Crippen LogP contribution in [0.3, 0.4) is 0 Å². The third-order valence-corrected chi connectivity index (χ3v) is 2.08. The van der Waals surface area contributed by atoms with Gasteiger partial charge in [-0.15, -0.1) is 0 Å². The maximum atomic E-state index is 11.9. The molecule has 0 aromatic heterocycles. The minimum absolute atomic E-state index is 0.380. The Hall–Kier alpha value is -1.23. The van der Waals surface area contributed by atoms with Gasteiger partial charge in [0.1, 0.15) is 6.54 Å². The molecule has 0 atom stereocenters. The highest BCUT2D eigenvalue weighted by Crippen LogP contribution is 2.22. The lowest BCUT2D eigenvalue weighted by Gasteiger charge is -2.18. The van der Waals surface area contributed by atoms with Crippen LogP contribution in [-0.4, -0.2) is 17.8 Å². The Labute approximate surface area is 92.1 Å². The molecule has 2 N–H and O–H groups in total. The van der Waals surface area contributed by atoms with Gasteiger partial charge >= 0.3 is 6.18 Å². The molecule has 0 unspecified atom stereocenters. The van der Waals surface area contributed by atoms with Crippen LogP contribution < -0.4 is 5.32 Å². The molecular weight excluding hydrogens is 219 g/mol. The minimum atomic E-state index is -4.23. The smallest absolute Gasteiger partial charge is 0.386 e. The van der Waals surface area contributed by atoms with E-state index in [1.807, 2.05) is 0 Å². The fraction of sp³-hybridized carbons (Fsp3) is 0.455. The van der Waals surface area contributed by atoms with Crippen molar-refractivity contribution in [2.24, 2.45) is 0 Å². The molecular formula is C11H14F3NO. The van der Waals surface area contributed by atoms with Gasteiger partial charge in [-0.1, -0.05) is 12.1 Å². The summed E-state index contributed by atoms with van der Waals surface area (Å²) >= 11 is 0. The van der Waals surface area contributed by atoms with Crippen molar-refractivity contribution in [2.45, 2.75) is 25.6 Å². The minimum Gasteiger partial charge on any atom is -0.386 e. The average molecular weight is 233 g/mol. The lowest BCUT2D eigenvalue weighted by atomic mass is 9.98. The lowest BCUT2D eigenvalue weighted by Crippen LogP contribution is -2.21. The zero-order chi connectivity index (χ0) is 12.4. The normalized spacial score (nSPS) is 12.6. The van der Waals surface area contributed by atoms with Crippen LogP contribution in [0.25, 0.3) is 0 Å². The lowest BCUT2D eigenvalue weighted by molar-refractivity contribution is -0.115. The number of alkyl halides is 3. The van der Waals surface area contributed by atoms with Gasteiger partial charge in [0.15, 0.2) is 0 Å². The van der Waals surface area contributed by atoms with Gasteiger partial charge in [-0.3, -0.25) is 0 Å². The molecule has 0 bridgehead atoms. The first-order valence-corrected chi connectivity index (χ1v) is 4.82. The van der Waals surface area contributed by atoms with Crippen LogP contribution in [0.15, 0.2) is 24.3 Å². The summed E-state index contributed by atoms with van der Waals surface area (Å²) in [6, 6.07) is 6.22. The molecule has 0 aliphatic heterocycles. The number of nitrogens with one attached hydrogen (secondary N) is 1. The van der Waals surface area contributed by atoms with E-state index in [0.29, 0.717) is 11.3 Å². The summed E-state index contributed by atoms with van der Waals surface area (Å²) in [6.07, 6.45) is -4.23. The first kappa shape index (κ1) is 12.8. The van der Waals surface area contributed by atoms with Gasteiger partial charge in [-0.2, -0.15) is 13.2 Å². The second-order valence-electron chi connectivity index (χ2n) is 4.11. The Morgan fingerprint density at radius 2 is 1.62 bits per heavy atom. The van der Waals surface area contributed by atoms with Crippen LogP contribution in [0.4, 0.5) is 18.9 Å². The molecule has 0 saturated heterocycles. The molecule has 0 fully saturated rings. The van der Waals surface area contributed by atoms with E-state index in [9.17, 15) is 18.3 Å². The third-order valence-electron chi connectivity index (χ3n) is 2.08. The summed E-state index contributed by atoms with van der Waals surface area (Å²) in [5.41, 5.74) is 0.0538. The van der Waals surface area contributed by atoms with E-state index in [0.717, 1.165) is 0 Å². The van der Waals surface area contributed by atoms with E-state index in [1.165, 1.54) is 12.1 Å². The Morgan fingerprint density at radius 3 is 2.00 bits per heavy atom. The third kappa shape index (κ3) is 4.10. The second-order valence-corrected chi connectivity index (χ2v) is 4.11. The van der Waals surface area contributed by atoms with Crippen LogP contribution in [0.2, 0.25) is 0 Å². The Bertz CT molecular complexity index is 338. The number of hydrogen-bond acceptors (Lipinski definition) is 2. The standard InChI is InChI=1S/C11H14F3NO/c1-10(2,16)8-3-5-9(6-4-8)15-7-11(12,13)14/h3-6,15-16H,7H2,1-2H3. The van der Waals surface area contributed by atoms with Crippen LogP contribution in [0.1, 0.15) is 19.4 Å². The van der Waals surface area contributed by atoms with E-state index in [4.69, 9.17) is 0 Å². The number of hydrogen-bond donors (Lipinski definition) is 2. The zero-order valence-corrected chi connectivity index (χ0v) is 9.10. The summed E-state index contributed by atoms with van der Waals surface area (Å²) in [5.74, 6) is 0. The number of anilines is 1. The van der Waals surface area contributed by atoms with Crippen LogP contribution >= 0.6 is 0 Å². The maximum absolute atomic E-state index is 11.9. The molecule has 0 amide bonds. The van der Waals surface area contributed by atoms with Crippen molar-refractivity contribution >= 4 is 5.69 Å². The van der Waals surface area contributed by atoms with Gasteiger partial charge in [0.2, 0.25) is 0 Å². The Kier molecular flexibility index (Phi) is 3.48. The molecule has 0 aliphatic rings. The van der Waals surface area contributed by atoms with Crippen molar-refractivity contribution in [1.82, 2.24) is 0 Å². The summed E-state index contributed by atoms with van der Waals surface area (Å²) < 4.78 is 35.7. The SMILES string of the molecule is CC(C)(O)c1ccc(NCC(F)(F)F)cc1. The molecule has 90 valence electrons. The van der Waals surface area contributed by atoms with E-state index in [2.05, 4.69) is 5.32 Å². The van der Waals surface area contributed by atoms with Crippen LogP contribution in [-0.2, 0) is 5.60 Å². The molecule has 5 heteroatoms. The van der Waals surface area contributed by atoms with Crippen LogP contribution in [0.5, 0.6) is 0 Å². The summed E-state index contributed by atoms with van der Waals surface area (Å²) in [6.45, 7) is 2.17. The molecule has 1 aromatic carbocycles. The maximum Gasteiger partial charge on any atom is 0.405 e. The average Bonchev–Trinajstić information content (AvgIpc) is 2.13. The molecule has 1 rings (SSSR count). The summed E-state index contributed by atoms with van der Waals surface area (Å²) in [4.78, 5) is 0. The van der Waals surface area contributed by atoms with Crippen molar-refractivity contribution in [3.8, 4) is 0 Å². The van der Waals surface area contributed by atoms with Crippen LogP contribution in [0, 0.1) is 0 Å². The van der Waals surface area contributed by atoms with Gasteiger partial charge in [0.25, 0.3) is 0 Å². The van der Waals surface area contributed by atoms with E-state index < -0.39 is 18.3 Å². The first-order valence-electron chi connectivity index (χ1n) is 4.82. The highest BCUT2D eigenvalue weighted by Gasteiger charge is 2.26. The predicted octanol–water partition coefficient (Wildman–Crippen LogP) is 2.89. The molecule has 1 aromatic rings. The van der Waals surface area contributed by atoms with Crippen molar-refractivity contribution in [3.05, 3.63) is 29.8 Å². The highest BCUT2D eigenvalue weighted by molar-refractivity contribution is 5.45. The number of rotatable bonds is 3. The summed E-state index contributed by atoms with van der Waals surface area (Å²) in [5, 5.41) is 11.9. The van der Waals surface area contributed by atoms with Gasteiger partial charge in [0, 0.05) is 5.69 Å². The largest absolute Gasteiger partial charge is 0.405 e. The quantitative estimate of drug-likeness (QED) is 0.841. The van der Waals surface area contributed by atoms with Gasteiger partial charge in [0.05, 0.1) is 5.60 Å². The predicted molar refractivity (Wildman–Crippen MR) is 56.2 cm³/mol. The van der Waals surface area contributed by atoms with Crippen molar-refractivity contribution < 1.29 is 18.3 Å². The van der Waals surface area contributed by atoms with Gasteiger partial charge in [-0.25, -0.2) is 0 Å². The Balaban J connectivity index is 2.66. The molecule has 2 nitrogen and oxygen atoms in total. The van der Waals surface area contributed by atoms with E-state index in [-0.39, 0.29) is 0 Å². The van der Waals surface area contributed by atoms with Crippen molar-refractivity contribution in [3.63, 3.8) is 0 Å². The first-order chi connectivity index (χ1) is 7.18. The van der Waals surface area contributed by atoms with Crippen molar-refractivity contribution in [2.75, 3.05) is 11.9 Å². The fourth-order valence-electron chi connectivity index (χ4n) is 1.20. The number of benzene rings is 1. The molecule has 16 heavy (non-hydrogen) atoms. The molecule has 0 saturated carbocycles. The molecule has 0 heterocycles. The molecule has 0 spiro atoms. The topological polar surface area (TPSA) is 32.3 Å². The van der Waals surface area contributed by atoms with E-state index in [1.54, 1.807) is 26.0 Å².